The molecule has 0 aliphatic rings. The van der Waals surface area contributed by atoms with Crippen LogP contribution in [0.2, 0.25) is 0 Å². The first-order chi connectivity index (χ1) is 12.5. The lowest BCUT2D eigenvalue weighted by Crippen LogP contribution is -2.37. The minimum Gasteiger partial charge on any atom is -0.356 e. The van der Waals surface area contributed by atoms with Crippen LogP contribution < -0.4 is 10.6 Å². The molecule has 0 aliphatic carbocycles. The molecule has 5 nitrogen and oxygen atoms in total. The van der Waals surface area contributed by atoms with Crippen molar-refractivity contribution in [2.24, 2.45) is 4.99 Å². The third-order valence-corrected chi connectivity index (χ3v) is 4.09. The van der Waals surface area contributed by atoms with Crippen LogP contribution in [0.4, 0.5) is 0 Å². The predicted molar refractivity (Wildman–Crippen MR) is 108 cm³/mol. The van der Waals surface area contributed by atoms with E-state index in [1.54, 1.807) is 26.0 Å². The average molecular weight is 352 g/mol. The first kappa shape index (κ1) is 19.5. The zero-order valence-electron chi connectivity index (χ0n) is 16.0. The Morgan fingerprint density at radius 3 is 2.42 bits per heavy atom. The van der Waals surface area contributed by atoms with Crippen LogP contribution >= 0.6 is 0 Å². The molecule has 0 spiro atoms. The molecular formula is C21H28N4O. The highest BCUT2D eigenvalue weighted by molar-refractivity contribution is 5.94. The smallest absolute Gasteiger partial charge is 0.253 e. The highest BCUT2D eigenvalue weighted by Gasteiger charge is 2.08. The molecule has 0 aromatic heterocycles. The number of hydrogen-bond donors (Lipinski definition) is 2. The van der Waals surface area contributed by atoms with Gasteiger partial charge in [-0.25, -0.2) is 0 Å². The Kier molecular flexibility index (Phi) is 7.21. The van der Waals surface area contributed by atoms with Gasteiger partial charge in [-0.2, -0.15) is 0 Å². The number of amides is 1. The van der Waals surface area contributed by atoms with Crippen LogP contribution in [0.15, 0.2) is 53.5 Å². The minimum atomic E-state index is 0.0235. The van der Waals surface area contributed by atoms with Gasteiger partial charge in [-0.3, -0.25) is 9.79 Å². The van der Waals surface area contributed by atoms with Crippen molar-refractivity contribution < 1.29 is 4.79 Å². The number of rotatable bonds is 6. The Bertz CT molecular complexity index is 751. The summed E-state index contributed by atoms with van der Waals surface area (Å²) in [5.41, 5.74) is 4.31. The summed E-state index contributed by atoms with van der Waals surface area (Å²) in [5.74, 6) is 0.793. The predicted octanol–water partition coefficient (Wildman–Crippen LogP) is 2.60. The largest absolute Gasteiger partial charge is 0.356 e. The summed E-state index contributed by atoms with van der Waals surface area (Å²) < 4.78 is 0. The van der Waals surface area contributed by atoms with Crippen molar-refractivity contribution in [3.05, 3.63) is 70.8 Å². The molecule has 1 amide bonds. The Labute approximate surface area is 156 Å². The lowest BCUT2D eigenvalue weighted by Gasteiger charge is -2.13. The van der Waals surface area contributed by atoms with Crippen molar-refractivity contribution in [3.8, 4) is 0 Å². The monoisotopic (exact) mass is 352 g/mol. The number of carbonyl (C=O) groups excluding carboxylic acids is 1. The molecule has 0 bridgehead atoms. The molecule has 0 saturated carbocycles. The van der Waals surface area contributed by atoms with Crippen molar-refractivity contribution >= 4 is 11.9 Å². The molecule has 0 unspecified atom stereocenters. The molecule has 26 heavy (non-hydrogen) atoms. The first-order valence-corrected chi connectivity index (χ1v) is 8.80. The number of benzene rings is 2. The number of carbonyl (C=O) groups is 1. The van der Waals surface area contributed by atoms with E-state index in [0.29, 0.717) is 0 Å². The molecule has 2 rings (SSSR count). The van der Waals surface area contributed by atoms with E-state index in [0.717, 1.165) is 36.6 Å². The SMILES string of the molecule is CN=C(NCCc1cccc(C(=O)N(C)C)c1)NCc1ccc(C)cc1. The molecule has 2 N–H and O–H groups in total. The molecule has 0 atom stereocenters. The van der Waals surface area contributed by atoms with Gasteiger partial charge in [0, 0.05) is 39.8 Å². The van der Waals surface area contributed by atoms with Gasteiger partial charge in [-0.1, -0.05) is 42.0 Å². The normalized spacial score (nSPS) is 11.2. The van der Waals surface area contributed by atoms with Crippen LogP contribution in [0.25, 0.3) is 0 Å². The van der Waals surface area contributed by atoms with Gasteiger partial charge in [0.25, 0.3) is 5.91 Å². The van der Waals surface area contributed by atoms with Crippen LogP contribution in [0, 0.1) is 6.92 Å². The van der Waals surface area contributed by atoms with E-state index >= 15 is 0 Å². The van der Waals surface area contributed by atoms with Gasteiger partial charge in [0.2, 0.25) is 0 Å². The lowest BCUT2D eigenvalue weighted by atomic mass is 10.1. The van der Waals surface area contributed by atoms with E-state index in [9.17, 15) is 4.79 Å². The van der Waals surface area contributed by atoms with Gasteiger partial charge in [-0.05, 0) is 36.6 Å². The van der Waals surface area contributed by atoms with Crippen LogP contribution in [0.1, 0.15) is 27.0 Å². The Balaban J connectivity index is 1.83. The number of aryl methyl sites for hydroxylation is 1. The van der Waals surface area contributed by atoms with Crippen LogP contribution in [0.3, 0.4) is 0 Å². The third-order valence-electron chi connectivity index (χ3n) is 4.09. The molecule has 0 aliphatic heterocycles. The van der Waals surface area contributed by atoms with Crippen molar-refractivity contribution in [3.63, 3.8) is 0 Å². The van der Waals surface area contributed by atoms with Crippen molar-refractivity contribution in [1.29, 1.82) is 0 Å². The van der Waals surface area contributed by atoms with Crippen molar-refractivity contribution in [2.75, 3.05) is 27.7 Å². The molecule has 5 heteroatoms. The second-order valence-electron chi connectivity index (χ2n) is 6.49. The summed E-state index contributed by atoms with van der Waals surface area (Å²) in [6.45, 7) is 3.55. The van der Waals surface area contributed by atoms with E-state index in [-0.39, 0.29) is 5.91 Å². The number of nitrogens with zero attached hydrogens (tertiary/aromatic N) is 2. The zero-order valence-corrected chi connectivity index (χ0v) is 16.0. The van der Waals surface area contributed by atoms with E-state index in [2.05, 4.69) is 46.8 Å². The standard InChI is InChI=1S/C21H28N4O/c1-16-8-10-18(11-9-16)15-24-21(22-2)23-13-12-17-6-5-7-19(14-17)20(26)25(3)4/h5-11,14H,12-13,15H2,1-4H3,(H2,22,23,24). The summed E-state index contributed by atoms with van der Waals surface area (Å²) in [7, 11) is 5.29. The Hall–Kier alpha value is -2.82. The number of aliphatic imine (C=N–C) groups is 1. The first-order valence-electron chi connectivity index (χ1n) is 8.80. The van der Waals surface area contributed by atoms with Crippen LogP contribution in [0.5, 0.6) is 0 Å². The molecule has 138 valence electrons. The fourth-order valence-corrected chi connectivity index (χ4v) is 2.56. The topological polar surface area (TPSA) is 56.7 Å². The molecule has 2 aromatic rings. The van der Waals surface area contributed by atoms with E-state index in [1.165, 1.54) is 11.1 Å². The van der Waals surface area contributed by atoms with Crippen LogP contribution in [-0.4, -0.2) is 44.5 Å². The quantitative estimate of drug-likeness (QED) is 0.621. The lowest BCUT2D eigenvalue weighted by molar-refractivity contribution is 0.0827. The molecule has 0 fully saturated rings. The third kappa shape index (κ3) is 5.92. The van der Waals surface area contributed by atoms with Gasteiger partial charge in [0.05, 0.1) is 0 Å². The second kappa shape index (κ2) is 9.61. The maximum Gasteiger partial charge on any atom is 0.253 e. The fourth-order valence-electron chi connectivity index (χ4n) is 2.56. The molecule has 0 heterocycles. The van der Waals surface area contributed by atoms with Gasteiger partial charge >= 0.3 is 0 Å². The fraction of sp³-hybridized carbons (Fsp3) is 0.333. The minimum absolute atomic E-state index is 0.0235. The number of nitrogens with one attached hydrogen (secondary N) is 2. The molecular weight excluding hydrogens is 324 g/mol. The second-order valence-corrected chi connectivity index (χ2v) is 6.49. The maximum absolute atomic E-state index is 12.0. The van der Waals surface area contributed by atoms with E-state index < -0.39 is 0 Å². The average Bonchev–Trinajstić information content (AvgIpc) is 2.65. The molecule has 2 aromatic carbocycles. The number of hydrogen-bond acceptors (Lipinski definition) is 2. The highest BCUT2D eigenvalue weighted by atomic mass is 16.2. The van der Waals surface area contributed by atoms with Crippen LogP contribution in [-0.2, 0) is 13.0 Å². The summed E-state index contributed by atoms with van der Waals surface area (Å²) >= 11 is 0. The Morgan fingerprint density at radius 2 is 1.77 bits per heavy atom. The Morgan fingerprint density at radius 1 is 1.04 bits per heavy atom. The zero-order chi connectivity index (χ0) is 18.9. The van der Waals surface area contributed by atoms with Crippen molar-refractivity contribution in [1.82, 2.24) is 15.5 Å². The highest BCUT2D eigenvalue weighted by Crippen LogP contribution is 2.08. The number of guanidine groups is 1. The van der Waals surface area contributed by atoms with Gasteiger partial charge in [0.1, 0.15) is 0 Å². The summed E-state index contributed by atoms with van der Waals surface area (Å²) in [4.78, 5) is 17.9. The maximum atomic E-state index is 12.0. The van der Waals surface area contributed by atoms with Gasteiger partial charge < -0.3 is 15.5 Å². The molecule has 0 saturated heterocycles. The summed E-state index contributed by atoms with van der Waals surface area (Å²) in [6.07, 6.45) is 0.819. The summed E-state index contributed by atoms with van der Waals surface area (Å²) in [5, 5.41) is 6.63. The van der Waals surface area contributed by atoms with Crippen molar-refractivity contribution in [2.45, 2.75) is 19.9 Å². The summed E-state index contributed by atoms with van der Waals surface area (Å²) in [6, 6.07) is 16.2. The van der Waals surface area contributed by atoms with Gasteiger partial charge in [-0.15, -0.1) is 0 Å². The molecule has 0 radical (unpaired) electrons. The van der Waals surface area contributed by atoms with E-state index in [4.69, 9.17) is 0 Å². The van der Waals surface area contributed by atoms with E-state index in [1.807, 2.05) is 24.3 Å². The van der Waals surface area contributed by atoms with Gasteiger partial charge in [0.15, 0.2) is 5.96 Å².